The predicted octanol–water partition coefficient (Wildman–Crippen LogP) is 2.66. The number of carbonyl (C=O) groups is 1. The highest BCUT2D eigenvalue weighted by molar-refractivity contribution is 5.80. The molecule has 0 spiro atoms. The third-order valence-corrected chi connectivity index (χ3v) is 2.76. The number of benzene rings is 1. The minimum absolute atomic E-state index is 0.0737. The average Bonchev–Trinajstić information content (AvgIpc) is 2.88. The summed E-state index contributed by atoms with van der Waals surface area (Å²) in [6.07, 6.45) is -1.95. The summed E-state index contributed by atoms with van der Waals surface area (Å²) in [6.45, 7) is 1.95. The van der Waals surface area contributed by atoms with Crippen LogP contribution in [0.4, 0.5) is 8.78 Å². The van der Waals surface area contributed by atoms with E-state index in [0.717, 1.165) is 0 Å². The molecule has 19 heavy (non-hydrogen) atoms. The summed E-state index contributed by atoms with van der Waals surface area (Å²) in [6, 6.07) is 4.85. The SMILES string of the molecule is CCOC(=O)C1N=COC1c1ccc(C(F)F)cc1. The second kappa shape index (κ2) is 5.77. The van der Waals surface area contributed by atoms with Gasteiger partial charge in [0.25, 0.3) is 6.43 Å². The Morgan fingerprint density at radius 2 is 2.11 bits per heavy atom. The van der Waals surface area contributed by atoms with Crippen molar-refractivity contribution in [2.75, 3.05) is 6.61 Å². The number of nitrogens with zero attached hydrogens (tertiary/aromatic N) is 1. The monoisotopic (exact) mass is 269 g/mol. The Balaban J connectivity index is 2.14. The molecule has 102 valence electrons. The van der Waals surface area contributed by atoms with Crippen molar-refractivity contribution in [2.24, 2.45) is 4.99 Å². The molecule has 1 aromatic rings. The molecule has 0 radical (unpaired) electrons. The Hall–Kier alpha value is -1.98. The van der Waals surface area contributed by atoms with E-state index in [2.05, 4.69) is 4.99 Å². The van der Waals surface area contributed by atoms with Crippen LogP contribution in [0.5, 0.6) is 0 Å². The molecule has 2 rings (SSSR count). The van der Waals surface area contributed by atoms with Crippen molar-refractivity contribution in [3.63, 3.8) is 0 Å². The fourth-order valence-electron chi connectivity index (χ4n) is 1.82. The van der Waals surface area contributed by atoms with Crippen molar-refractivity contribution in [3.8, 4) is 0 Å². The Morgan fingerprint density at radius 3 is 2.68 bits per heavy atom. The van der Waals surface area contributed by atoms with Gasteiger partial charge in [-0.15, -0.1) is 0 Å². The number of ether oxygens (including phenoxy) is 2. The number of rotatable bonds is 4. The van der Waals surface area contributed by atoms with Gasteiger partial charge in [0, 0.05) is 5.56 Å². The Bertz CT molecular complexity index is 473. The number of hydrogen-bond donors (Lipinski definition) is 0. The largest absolute Gasteiger partial charge is 0.473 e. The summed E-state index contributed by atoms with van der Waals surface area (Å²) < 4.78 is 35.0. The van der Waals surface area contributed by atoms with Gasteiger partial charge in [-0.2, -0.15) is 0 Å². The fraction of sp³-hybridized carbons (Fsp3) is 0.385. The number of halogens is 2. The van der Waals surface area contributed by atoms with Gasteiger partial charge in [-0.25, -0.2) is 18.6 Å². The zero-order valence-electron chi connectivity index (χ0n) is 10.3. The molecule has 0 aromatic heterocycles. The van der Waals surface area contributed by atoms with E-state index < -0.39 is 24.5 Å². The quantitative estimate of drug-likeness (QED) is 0.789. The molecule has 0 bridgehead atoms. The molecule has 2 unspecified atom stereocenters. The maximum atomic E-state index is 12.5. The number of aliphatic imine (C=N–C) groups is 1. The first-order chi connectivity index (χ1) is 9.13. The van der Waals surface area contributed by atoms with Crippen LogP contribution in [0.1, 0.15) is 30.6 Å². The molecule has 0 fully saturated rings. The highest BCUT2D eigenvalue weighted by Gasteiger charge is 2.35. The van der Waals surface area contributed by atoms with Gasteiger partial charge < -0.3 is 9.47 Å². The maximum Gasteiger partial charge on any atom is 0.335 e. The molecule has 1 aromatic carbocycles. The Morgan fingerprint density at radius 1 is 1.42 bits per heavy atom. The van der Waals surface area contributed by atoms with Gasteiger partial charge in [0.15, 0.2) is 18.5 Å². The van der Waals surface area contributed by atoms with Crippen LogP contribution in [0.25, 0.3) is 0 Å². The first kappa shape index (κ1) is 13.5. The van der Waals surface area contributed by atoms with Crippen LogP contribution in [0.15, 0.2) is 29.3 Å². The number of hydrogen-bond acceptors (Lipinski definition) is 4. The lowest BCUT2D eigenvalue weighted by Gasteiger charge is -2.16. The summed E-state index contributed by atoms with van der Waals surface area (Å²) in [5.41, 5.74) is 0.537. The van der Waals surface area contributed by atoms with Gasteiger partial charge in [-0.3, -0.25) is 0 Å². The predicted molar refractivity (Wildman–Crippen MR) is 64.1 cm³/mol. The van der Waals surface area contributed by atoms with Gasteiger partial charge in [0.2, 0.25) is 0 Å². The third-order valence-electron chi connectivity index (χ3n) is 2.76. The summed E-state index contributed by atoms with van der Waals surface area (Å²) in [4.78, 5) is 15.6. The van der Waals surface area contributed by atoms with Crippen LogP contribution >= 0.6 is 0 Å². The zero-order chi connectivity index (χ0) is 13.8. The van der Waals surface area contributed by atoms with Gasteiger partial charge in [-0.1, -0.05) is 24.3 Å². The van der Waals surface area contributed by atoms with Gasteiger partial charge in [0.1, 0.15) is 0 Å². The highest BCUT2D eigenvalue weighted by Crippen LogP contribution is 2.29. The molecule has 0 N–H and O–H groups in total. The van der Waals surface area contributed by atoms with Crippen molar-refractivity contribution in [2.45, 2.75) is 25.5 Å². The Kier molecular flexibility index (Phi) is 4.09. The van der Waals surface area contributed by atoms with Crippen molar-refractivity contribution in [1.82, 2.24) is 0 Å². The minimum atomic E-state index is -2.52. The van der Waals surface area contributed by atoms with Crippen LogP contribution in [0.2, 0.25) is 0 Å². The summed E-state index contributed by atoms with van der Waals surface area (Å²) in [5, 5.41) is 0. The molecule has 0 saturated carbocycles. The second-order valence-electron chi connectivity index (χ2n) is 3.98. The van der Waals surface area contributed by atoms with E-state index in [9.17, 15) is 13.6 Å². The van der Waals surface area contributed by atoms with Crippen LogP contribution in [-0.4, -0.2) is 25.0 Å². The van der Waals surface area contributed by atoms with Crippen LogP contribution < -0.4 is 0 Å². The number of esters is 1. The zero-order valence-corrected chi connectivity index (χ0v) is 10.3. The lowest BCUT2D eigenvalue weighted by Crippen LogP contribution is -2.26. The van der Waals surface area contributed by atoms with E-state index in [-0.39, 0.29) is 12.2 Å². The topological polar surface area (TPSA) is 47.9 Å². The van der Waals surface area contributed by atoms with Crippen LogP contribution in [0, 0.1) is 0 Å². The number of carbonyl (C=O) groups excluding carboxylic acids is 1. The molecule has 0 saturated heterocycles. The molecule has 0 aliphatic carbocycles. The van der Waals surface area contributed by atoms with Gasteiger partial charge in [-0.05, 0) is 12.5 Å². The molecule has 1 heterocycles. The highest BCUT2D eigenvalue weighted by atomic mass is 19.3. The van der Waals surface area contributed by atoms with Gasteiger partial charge in [0.05, 0.1) is 6.61 Å². The smallest absolute Gasteiger partial charge is 0.335 e. The molecular formula is C13H13F2NO3. The molecule has 1 aliphatic heterocycles. The molecule has 2 atom stereocenters. The third kappa shape index (κ3) is 2.89. The molecule has 4 nitrogen and oxygen atoms in total. The minimum Gasteiger partial charge on any atom is -0.473 e. The van der Waals surface area contributed by atoms with E-state index in [1.54, 1.807) is 6.92 Å². The maximum absolute atomic E-state index is 12.5. The molecule has 1 aliphatic rings. The van der Waals surface area contributed by atoms with E-state index in [1.165, 1.54) is 30.7 Å². The normalized spacial score (nSPS) is 21.5. The molecule has 0 amide bonds. The van der Waals surface area contributed by atoms with E-state index in [1.807, 2.05) is 0 Å². The van der Waals surface area contributed by atoms with Crippen LogP contribution in [-0.2, 0) is 14.3 Å². The lowest BCUT2D eigenvalue weighted by molar-refractivity contribution is -0.146. The van der Waals surface area contributed by atoms with Gasteiger partial charge >= 0.3 is 5.97 Å². The first-order valence-corrected chi connectivity index (χ1v) is 5.85. The summed E-state index contributed by atoms with van der Waals surface area (Å²) in [7, 11) is 0. The van der Waals surface area contributed by atoms with E-state index >= 15 is 0 Å². The average molecular weight is 269 g/mol. The lowest BCUT2D eigenvalue weighted by atomic mass is 10.0. The van der Waals surface area contributed by atoms with E-state index in [0.29, 0.717) is 5.56 Å². The summed E-state index contributed by atoms with van der Waals surface area (Å²) >= 11 is 0. The molecule has 6 heteroatoms. The number of alkyl halides is 2. The van der Waals surface area contributed by atoms with E-state index in [4.69, 9.17) is 9.47 Å². The van der Waals surface area contributed by atoms with Crippen molar-refractivity contribution >= 4 is 12.4 Å². The summed E-state index contributed by atoms with van der Waals surface area (Å²) in [5.74, 6) is -0.487. The van der Waals surface area contributed by atoms with Crippen molar-refractivity contribution < 1.29 is 23.0 Å². The van der Waals surface area contributed by atoms with Crippen molar-refractivity contribution in [3.05, 3.63) is 35.4 Å². The molecular weight excluding hydrogens is 256 g/mol. The first-order valence-electron chi connectivity index (χ1n) is 5.85. The fourth-order valence-corrected chi connectivity index (χ4v) is 1.82. The Labute approximate surface area is 109 Å². The second-order valence-corrected chi connectivity index (χ2v) is 3.98. The van der Waals surface area contributed by atoms with Crippen molar-refractivity contribution in [1.29, 1.82) is 0 Å². The standard InChI is InChI=1S/C13H13F2NO3/c1-2-18-13(17)10-11(19-7-16-10)8-3-5-9(6-4-8)12(14)15/h3-7,10-12H,2H2,1H3. The van der Waals surface area contributed by atoms with Crippen LogP contribution in [0.3, 0.4) is 0 Å².